The molecule has 2 aromatic carbocycles. The van der Waals surface area contributed by atoms with Gasteiger partial charge in [0.2, 0.25) is 0 Å². The lowest BCUT2D eigenvalue weighted by Gasteiger charge is -2.38. The molecule has 0 saturated carbocycles. The molecule has 184 valence electrons. The molecule has 1 saturated heterocycles. The average molecular weight is 481 g/mol. The van der Waals surface area contributed by atoms with Gasteiger partial charge in [0.05, 0.1) is 18.2 Å². The van der Waals surface area contributed by atoms with Crippen LogP contribution in [0.25, 0.3) is 0 Å². The normalized spacial score (nSPS) is 18.7. The fraction of sp³-hybridized carbons (Fsp3) is 0.346. The molecule has 2 aliphatic heterocycles. The number of ether oxygens (including phenoxy) is 1. The lowest BCUT2D eigenvalue weighted by molar-refractivity contribution is -0.139. The van der Waals surface area contributed by atoms with E-state index in [1.807, 2.05) is 24.3 Å². The van der Waals surface area contributed by atoms with E-state index in [2.05, 4.69) is 20.4 Å². The molecule has 2 amide bonds. The number of benzene rings is 2. The summed E-state index contributed by atoms with van der Waals surface area (Å²) in [5, 5.41) is 5.56. The van der Waals surface area contributed by atoms with E-state index in [0.29, 0.717) is 28.9 Å². The van der Waals surface area contributed by atoms with Gasteiger partial charge in [-0.1, -0.05) is 12.1 Å². The average Bonchev–Trinajstić information content (AvgIpc) is 2.85. The molecule has 8 nitrogen and oxygen atoms in total. The van der Waals surface area contributed by atoms with Gasteiger partial charge in [0.25, 0.3) is 0 Å². The van der Waals surface area contributed by atoms with Crippen LogP contribution in [0, 0.1) is 5.82 Å². The second kappa shape index (κ2) is 10.7. The van der Waals surface area contributed by atoms with E-state index in [-0.39, 0.29) is 12.4 Å². The van der Waals surface area contributed by atoms with Crippen molar-refractivity contribution in [1.29, 1.82) is 0 Å². The number of rotatable bonds is 7. The topological polar surface area (TPSA) is 91.0 Å². The minimum atomic E-state index is -0.737. The molecule has 2 N–H and O–H groups in total. The number of nitrogens with one attached hydrogen (secondary N) is 2. The molecule has 1 atom stereocenters. The summed E-state index contributed by atoms with van der Waals surface area (Å²) < 4.78 is 18.8. The van der Waals surface area contributed by atoms with Crippen molar-refractivity contribution < 1.29 is 23.5 Å². The number of hydrogen-bond acceptors (Lipinski definition) is 6. The van der Waals surface area contributed by atoms with Crippen LogP contribution in [0.4, 0.5) is 14.9 Å². The van der Waals surface area contributed by atoms with Gasteiger partial charge in [-0.05, 0) is 55.8 Å². The SMILES string of the molecule is CCOC(=O)C1=C(CN2CCN(c3ccc(C(C)=O)cc3)CC2)NC(=O)NC1c1ccc(F)cc1. The second-order valence-corrected chi connectivity index (χ2v) is 8.56. The molecule has 4 rings (SSSR count). The maximum Gasteiger partial charge on any atom is 0.338 e. The van der Waals surface area contributed by atoms with Crippen molar-refractivity contribution in [3.05, 3.63) is 76.7 Å². The molecule has 2 heterocycles. The van der Waals surface area contributed by atoms with Crippen LogP contribution in [0.2, 0.25) is 0 Å². The third-order valence-electron chi connectivity index (χ3n) is 6.25. The van der Waals surface area contributed by atoms with Crippen molar-refractivity contribution in [2.45, 2.75) is 19.9 Å². The summed E-state index contributed by atoms with van der Waals surface area (Å²) in [5.74, 6) is -0.881. The zero-order valence-corrected chi connectivity index (χ0v) is 19.8. The minimum Gasteiger partial charge on any atom is -0.463 e. The molecule has 0 bridgehead atoms. The van der Waals surface area contributed by atoms with Crippen LogP contribution >= 0.6 is 0 Å². The number of urea groups is 1. The van der Waals surface area contributed by atoms with Crippen LogP contribution in [0.15, 0.2) is 59.8 Å². The van der Waals surface area contributed by atoms with Gasteiger partial charge in [-0.25, -0.2) is 14.0 Å². The Hall–Kier alpha value is -3.72. The fourth-order valence-electron chi connectivity index (χ4n) is 4.39. The number of anilines is 1. The number of hydrogen-bond donors (Lipinski definition) is 2. The molecular formula is C26H29FN4O4. The number of carbonyl (C=O) groups is 3. The van der Waals surface area contributed by atoms with Crippen molar-refractivity contribution in [1.82, 2.24) is 15.5 Å². The van der Waals surface area contributed by atoms with Crippen LogP contribution in [0.1, 0.15) is 35.8 Å². The van der Waals surface area contributed by atoms with Crippen LogP contribution in [-0.4, -0.2) is 62.0 Å². The number of ketones is 1. The number of esters is 1. The van der Waals surface area contributed by atoms with Crippen LogP contribution < -0.4 is 15.5 Å². The van der Waals surface area contributed by atoms with E-state index < -0.39 is 23.9 Å². The summed E-state index contributed by atoms with van der Waals surface area (Å²) in [7, 11) is 0. The third kappa shape index (κ3) is 5.68. The van der Waals surface area contributed by atoms with Gasteiger partial charge in [-0.2, -0.15) is 0 Å². The number of Topliss-reactive ketones (excluding diaryl/α,β-unsaturated/α-hetero) is 1. The molecule has 9 heteroatoms. The number of carbonyl (C=O) groups excluding carboxylic acids is 3. The van der Waals surface area contributed by atoms with Gasteiger partial charge in [0, 0.05) is 49.7 Å². The zero-order chi connectivity index (χ0) is 24.9. The number of halogens is 1. The van der Waals surface area contributed by atoms with E-state index >= 15 is 0 Å². The largest absolute Gasteiger partial charge is 0.463 e. The second-order valence-electron chi connectivity index (χ2n) is 8.56. The van der Waals surface area contributed by atoms with E-state index in [0.717, 1.165) is 31.9 Å². The standard InChI is InChI=1S/C26H29FN4O4/c1-3-35-25(33)23-22(28-26(34)29-24(23)19-4-8-20(27)9-5-19)16-30-12-14-31(15-13-30)21-10-6-18(7-11-21)17(2)32/h4-11,24H,3,12-16H2,1-2H3,(H2,28,29,34). The van der Waals surface area contributed by atoms with Crippen LogP contribution in [0.3, 0.4) is 0 Å². The predicted molar refractivity (Wildman–Crippen MR) is 130 cm³/mol. The maximum absolute atomic E-state index is 13.5. The highest BCUT2D eigenvalue weighted by atomic mass is 19.1. The molecule has 2 aromatic rings. The highest BCUT2D eigenvalue weighted by Crippen LogP contribution is 2.29. The Morgan fingerprint density at radius 2 is 1.69 bits per heavy atom. The molecule has 0 spiro atoms. The van der Waals surface area contributed by atoms with E-state index in [1.165, 1.54) is 12.1 Å². The Bertz CT molecular complexity index is 1120. The van der Waals surface area contributed by atoms with Crippen molar-refractivity contribution in [3.63, 3.8) is 0 Å². The Labute approximate surface area is 203 Å². The lowest BCUT2D eigenvalue weighted by atomic mass is 9.95. The zero-order valence-electron chi connectivity index (χ0n) is 19.8. The molecule has 1 unspecified atom stereocenters. The molecule has 0 radical (unpaired) electrons. The Morgan fingerprint density at radius 1 is 1.03 bits per heavy atom. The Balaban J connectivity index is 1.51. The van der Waals surface area contributed by atoms with Crippen molar-refractivity contribution in [3.8, 4) is 0 Å². The highest BCUT2D eigenvalue weighted by molar-refractivity contribution is 5.95. The van der Waals surface area contributed by atoms with E-state index in [9.17, 15) is 18.8 Å². The Kier molecular flexibility index (Phi) is 7.45. The van der Waals surface area contributed by atoms with Gasteiger partial charge in [-0.15, -0.1) is 0 Å². The first kappa shape index (κ1) is 24.4. The quantitative estimate of drug-likeness (QED) is 0.468. The first-order valence-electron chi connectivity index (χ1n) is 11.7. The van der Waals surface area contributed by atoms with Gasteiger partial charge in [0.15, 0.2) is 5.78 Å². The number of amides is 2. The lowest BCUT2D eigenvalue weighted by Crippen LogP contribution is -2.51. The summed E-state index contributed by atoms with van der Waals surface area (Å²) in [5.41, 5.74) is 3.14. The Morgan fingerprint density at radius 3 is 2.29 bits per heavy atom. The highest BCUT2D eigenvalue weighted by Gasteiger charge is 2.34. The molecule has 2 aliphatic rings. The van der Waals surface area contributed by atoms with Gasteiger partial charge < -0.3 is 20.3 Å². The van der Waals surface area contributed by atoms with Crippen LogP contribution in [0.5, 0.6) is 0 Å². The summed E-state index contributed by atoms with van der Waals surface area (Å²) in [6.45, 7) is 6.80. The minimum absolute atomic E-state index is 0.0370. The summed E-state index contributed by atoms with van der Waals surface area (Å²) in [6, 6.07) is 12.1. The number of nitrogens with zero attached hydrogens (tertiary/aromatic N) is 2. The predicted octanol–water partition coefficient (Wildman–Crippen LogP) is 3.02. The first-order valence-corrected chi connectivity index (χ1v) is 11.7. The van der Waals surface area contributed by atoms with Crippen molar-refractivity contribution >= 4 is 23.5 Å². The monoisotopic (exact) mass is 480 g/mol. The van der Waals surface area contributed by atoms with E-state index in [4.69, 9.17) is 4.74 Å². The summed E-state index contributed by atoms with van der Waals surface area (Å²) >= 11 is 0. The van der Waals surface area contributed by atoms with Gasteiger partial charge in [0.1, 0.15) is 5.82 Å². The summed E-state index contributed by atoms with van der Waals surface area (Å²) in [4.78, 5) is 41.3. The maximum atomic E-state index is 13.5. The fourth-order valence-corrected chi connectivity index (χ4v) is 4.39. The van der Waals surface area contributed by atoms with Gasteiger partial charge >= 0.3 is 12.0 Å². The molecule has 35 heavy (non-hydrogen) atoms. The molecular weight excluding hydrogens is 451 g/mol. The smallest absolute Gasteiger partial charge is 0.338 e. The third-order valence-corrected chi connectivity index (χ3v) is 6.25. The molecule has 0 aromatic heterocycles. The van der Waals surface area contributed by atoms with Crippen molar-refractivity contribution in [2.75, 3.05) is 44.2 Å². The van der Waals surface area contributed by atoms with Crippen molar-refractivity contribution in [2.24, 2.45) is 0 Å². The van der Waals surface area contributed by atoms with Gasteiger partial charge in [-0.3, -0.25) is 9.69 Å². The first-order chi connectivity index (χ1) is 16.9. The molecule has 0 aliphatic carbocycles. The van der Waals surface area contributed by atoms with Crippen LogP contribution in [-0.2, 0) is 9.53 Å². The summed E-state index contributed by atoms with van der Waals surface area (Å²) in [6.07, 6.45) is 0. The molecule has 1 fully saturated rings. The van der Waals surface area contributed by atoms with E-state index in [1.54, 1.807) is 26.0 Å². The number of piperazine rings is 1.